The lowest BCUT2D eigenvalue weighted by Crippen LogP contribution is -2.06. The van der Waals surface area contributed by atoms with Crippen molar-refractivity contribution < 1.29 is 23.2 Å². The van der Waals surface area contributed by atoms with Gasteiger partial charge >= 0.3 is 11.6 Å². The Morgan fingerprint density at radius 2 is 1.55 bits per heavy atom. The minimum absolute atomic E-state index is 0.0882. The molecule has 0 bridgehead atoms. The number of aryl methyl sites for hydroxylation is 1. The van der Waals surface area contributed by atoms with Crippen molar-refractivity contribution >= 4 is 39.8 Å². The molecule has 6 aromatic rings. The maximum absolute atomic E-state index is 13.9. The Morgan fingerprint density at radius 3 is 2.33 bits per heavy atom. The zero-order valence-corrected chi connectivity index (χ0v) is 21.4. The molecule has 40 heavy (non-hydrogen) atoms. The number of rotatable bonds is 6. The van der Waals surface area contributed by atoms with Crippen molar-refractivity contribution in [1.29, 1.82) is 0 Å². The number of ketones is 1. The predicted octanol–water partition coefficient (Wildman–Crippen LogP) is 7.36. The maximum Gasteiger partial charge on any atom is 0.336 e. The van der Waals surface area contributed by atoms with Crippen LogP contribution < -0.4 is 10.4 Å². The van der Waals surface area contributed by atoms with E-state index in [1.807, 2.05) is 73.7 Å². The number of carbonyl (C=O) groups is 2. The number of ether oxygens (including phenoxy) is 1. The molecule has 0 atom stereocenters. The number of esters is 1. The fourth-order valence-corrected chi connectivity index (χ4v) is 4.71. The summed E-state index contributed by atoms with van der Waals surface area (Å²) in [5.74, 6) is -0.668. The third kappa shape index (κ3) is 4.74. The Balaban J connectivity index is 1.42. The predicted molar refractivity (Wildman–Crippen MR) is 153 cm³/mol. The average Bonchev–Trinajstić information content (AvgIpc) is 3.37. The summed E-state index contributed by atoms with van der Waals surface area (Å²) in [4.78, 5) is 38.6. The highest BCUT2D eigenvalue weighted by atomic mass is 16.5. The molecule has 0 aliphatic carbocycles. The van der Waals surface area contributed by atoms with E-state index in [2.05, 4.69) is 0 Å². The molecular weight excluding hydrogens is 504 g/mol. The number of hydrogen-bond acceptors (Lipinski definition) is 6. The third-order valence-corrected chi connectivity index (χ3v) is 6.57. The molecule has 0 aliphatic rings. The van der Waals surface area contributed by atoms with Crippen LogP contribution in [0, 0.1) is 6.92 Å². The Hall–Kier alpha value is -5.49. The molecule has 2 heterocycles. The molecule has 2 aromatic heterocycles. The summed E-state index contributed by atoms with van der Waals surface area (Å²) in [5.41, 5.74) is 3.44. The van der Waals surface area contributed by atoms with Crippen LogP contribution in [0.15, 0.2) is 123 Å². The highest BCUT2D eigenvalue weighted by Gasteiger charge is 2.26. The second-order valence-corrected chi connectivity index (χ2v) is 9.26. The molecular formula is C34H22O6. The third-order valence-electron chi connectivity index (χ3n) is 6.57. The molecule has 6 nitrogen and oxygen atoms in total. The summed E-state index contributed by atoms with van der Waals surface area (Å²) in [6.07, 6.45) is 2.99. The van der Waals surface area contributed by atoms with Crippen molar-refractivity contribution in [3.63, 3.8) is 0 Å². The Kier molecular flexibility index (Phi) is 6.42. The van der Waals surface area contributed by atoms with Gasteiger partial charge in [-0.1, -0.05) is 72.8 Å². The van der Waals surface area contributed by atoms with Gasteiger partial charge in [-0.2, -0.15) is 0 Å². The summed E-state index contributed by atoms with van der Waals surface area (Å²) in [5, 5.41) is 1.29. The van der Waals surface area contributed by atoms with Gasteiger partial charge in [-0.15, -0.1) is 0 Å². The summed E-state index contributed by atoms with van der Waals surface area (Å²) >= 11 is 0. The molecule has 6 rings (SSSR count). The number of fused-ring (bicyclic) bond motifs is 3. The lowest BCUT2D eigenvalue weighted by atomic mass is 9.96. The summed E-state index contributed by atoms with van der Waals surface area (Å²) in [6.45, 7) is 1.83. The van der Waals surface area contributed by atoms with Crippen LogP contribution in [-0.4, -0.2) is 11.8 Å². The lowest BCUT2D eigenvalue weighted by Gasteiger charge is -2.07. The van der Waals surface area contributed by atoms with Crippen LogP contribution in [-0.2, 0) is 4.79 Å². The Bertz CT molecular complexity index is 1980. The van der Waals surface area contributed by atoms with Gasteiger partial charge in [-0.25, -0.2) is 9.59 Å². The maximum atomic E-state index is 13.9. The number of hydrogen-bond donors (Lipinski definition) is 0. The van der Waals surface area contributed by atoms with E-state index in [-0.39, 0.29) is 17.1 Å². The SMILES string of the molecule is Cc1cc(=O)oc2c1ccc1oc(C(=O)c3cccc(OC(=O)/C=C/c4ccccc4)c3)c(-c3ccccc3)c12. The van der Waals surface area contributed by atoms with E-state index in [0.717, 1.165) is 22.1 Å². The van der Waals surface area contributed by atoms with Gasteiger partial charge in [0.2, 0.25) is 5.78 Å². The number of benzene rings is 4. The fourth-order valence-electron chi connectivity index (χ4n) is 4.71. The smallest absolute Gasteiger partial charge is 0.336 e. The van der Waals surface area contributed by atoms with Crippen molar-refractivity contribution in [2.75, 3.05) is 0 Å². The Morgan fingerprint density at radius 1 is 0.800 bits per heavy atom. The van der Waals surface area contributed by atoms with E-state index in [9.17, 15) is 14.4 Å². The highest BCUT2D eigenvalue weighted by Crippen LogP contribution is 2.40. The standard InChI is InChI=1S/C34H22O6/c1-21-19-29(36)40-33-26(21)16-17-27-31(33)30(23-11-6-3-7-12-23)34(39-27)32(37)24-13-8-14-25(20-24)38-28(35)18-15-22-9-4-2-5-10-22/h2-20H,1H3/b18-15+. The second kappa shape index (κ2) is 10.3. The van der Waals surface area contributed by atoms with Gasteiger partial charge in [0.25, 0.3) is 0 Å². The van der Waals surface area contributed by atoms with Gasteiger partial charge in [0.05, 0.1) is 5.39 Å². The lowest BCUT2D eigenvalue weighted by molar-refractivity contribution is -0.128. The first-order valence-corrected chi connectivity index (χ1v) is 12.6. The molecule has 0 aliphatic heterocycles. The molecule has 0 spiro atoms. The van der Waals surface area contributed by atoms with Crippen molar-refractivity contribution in [2.45, 2.75) is 6.92 Å². The molecule has 0 saturated carbocycles. The highest BCUT2D eigenvalue weighted by molar-refractivity contribution is 6.20. The molecule has 0 amide bonds. The Labute approximate surface area is 228 Å². The van der Waals surface area contributed by atoms with Gasteiger partial charge in [-0.3, -0.25) is 4.79 Å². The van der Waals surface area contributed by atoms with Crippen LogP contribution in [0.5, 0.6) is 5.75 Å². The minimum Gasteiger partial charge on any atom is -0.452 e. The van der Waals surface area contributed by atoms with E-state index in [4.69, 9.17) is 13.6 Å². The largest absolute Gasteiger partial charge is 0.452 e. The van der Waals surface area contributed by atoms with Crippen molar-refractivity contribution in [1.82, 2.24) is 0 Å². The first-order valence-electron chi connectivity index (χ1n) is 12.6. The van der Waals surface area contributed by atoms with Crippen LogP contribution >= 0.6 is 0 Å². The fraction of sp³-hybridized carbons (Fsp3) is 0.0294. The number of carbonyl (C=O) groups excluding carboxylic acids is 2. The van der Waals surface area contributed by atoms with Crippen molar-refractivity contribution in [2.24, 2.45) is 0 Å². The first-order chi connectivity index (χ1) is 19.5. The first kappa shape index (κ1) is 24.8. The van der Waals surface area contributed by atoms with Crippen LogP contribution in [0.3, 0.4) is 0 Å². The summed E-state index contributed by atoms with van der Waals surface area (Å²) in [6, 6.07) is 30.1. The molecule has 0 saturated heterocycles. The quantitative estimate of drug-likeness (QED) is 0.0741. The van der Waals surface area contributed by atoms with Gasteiger partial charge in [0, 0.05) is 28.7 Å². The molecule has 0 fully saturated rings. The molecule has 0 N–H and O–H groups in total. The summed E-state index contributed by atoms with van der Waals surface area (Å²) < 4.78 is 17.2. The number of furan rings is 1. The van der Waals surface area contributed by atoms with Crippen LogP contribution in [0.4, 0.5) is 0 Å². The van der Waals surface area contributed by atoms with Crippen molar-refractivity contribution in [3.05, 3.63) is 142 Å². The molecule has 194 valence electrons. The van der Waals surface area contributed by atoms with E-state index in [0.29, 0.717) is 22.1 Å². The normalized spacial score (nSPS) is 11.3. The minimum atomic E-state index is -0.570. The van der Waals surface area contributed by atoms with E-state index >= 15 is 0 Å². The van der Waals surface area contributed by atoms with E-state index < -0.39 is 17.4 Å². The molecule has 0 unspecified atom stereocenters. The van der Waals surface area contributed by atoms with Crippen LogP contribution in [0.2, 0.25) is 0 Å². The molecule has 6 heteroatoms. The van der Waals surface area contributed by atoms with E-state index in [1.165, 1.54) is 18.2 Å². The van der Waals surface area contributed by atoms with Crippen LogP contribution in [0.25, 0.3) is 39.1 Å². The van der Waals surface area contributed by atoms with Crippen molar-refractivity contribution in [3.8, 4) is 16.9 Å². The van der Waals surface area contributed by atoms with Gasteiger partial charge in [0.1, 0.15) is 16.9 Å². The summed E-state index contributed by atoms with van der Waals surface area (Å²) in [7, 11) is 0. The topological polar surface area (TPSA) is 86.7 Å². The van der Waals surface area contributed by atoms with Gasteiger partial charge in [-0.05, 0) is 54.0 Å². The monoisotopic (exact) mass is 526 g/mol. The zero-order chi connectivity index (χ0) is 27.6. The average molecular weight is 527 g/mol. The zero-order valence-electron chi connectivity index (χ0n) is 21.4. The van der Waals surface area contributed by atoms with Gasteiger partial charge < -0.3 is 13.6 Å². The second-order valence-electron chi connectivity index (χ2n) is 9.26. The molecule has 4 aromatic carbocycles. The van der Waals surface area contributed by atoms with Gasteiger partial charge in [0.15, 0.2) is 5.76 Å². The van der Waals surface area contributed by atoms with E-state index in [1.54, 1.807) is 30.3 Å². The molecule has 0 radical (unpaired) electrons. The van der Waals surface area contributed by atoms with Crippen LogP contribution in [0.1, 0.15) is 27.2 Å².